The first-order valence-corrected chi connectivity index (χ1v) is 15.1. The molecule has 0 spiro atoms. The maximum absolute atomic E-state index is 14.3. The highest BCUT2D eigenvalue weighted by Crippen LogP contribution is 2.31. The Kier molecular flexibility index (Phi) is 7.91. The van der Waals surface area contributed by atoms with Crippen LogP contribution in [0.25, 0.3) is 16.8 Å². The van der Waals surface area contributed by atoms with Crippen molar-refractivity contribution in [2.75, 3.05) is 23.3 Å². The van der Waals surface area contributed by atoms with Crippen molar-refractivity contribution in [3.05, 3.63) is 81.5 Å². The second kappa shape index (κ2) is 10.9. The molecule has 0 amide bonds. The second-order valence-corrected chi connectivity index (χ2v) is 12.9. The van der Waals surface area contributed by atoms with E-state index in [1.165, 1.54) is 29.1 Å². The summed E-state index contributed by atoms with van der Waals surface area (Å²) in [5, 5.41) is -0.102. The van der Waals surface area contributed by atoms with E-state index in [1.807, 2.05) is 0 Å². The zero-order chi connectivity index (χ0) is 28.5. The smallest absolute Gasteiger partial charge is 0.276 e. The monoisotopic (exact) mass is 598 g/mol. The molecular weight excluding hydrogens is 578 g/mol. The Morgan fingerprint density at radius 2 is 1.79 bits per heavy atom. The molecule has 0 aliphatic heterocycles. The summed E-state index contributed by atoms with van der Waals surface area (Å²) in [5.74, 6) is -2.65. The van der Waals surface area contributed by atoms with Gasteiger partial charge in [0.2, 0.25) is 5.88 Å². The number of sulfonamides is 1. The van der Waals surface area contributed by atoms with Crippen LogP contribution in [-0.4, -0.2) is 49.8 Å². The van der Waals surface area contributed by atoms with Crippen molar-refractivity contribution in [3.8, 4) is 17.0 Å². The highest BCUT2D eigenvalue weighted by molar-refractivity contribution is 7.92. The van der Waals surface area contributed by atoms with Gasteiger partial charge in [-0.1, -0.05) is 11.6 Å². The van der Waals surface area contributed by atoms with Gasteiger partial charge in [0.25, 0.3) is 15.6 Å². The molecule has 0 aliphatic carbocycles. The van der Waals surface area contributed by atoms with Crippen LogP contribution in [0.5, 0.6) is 5.88 Å². The predicted molar refractivity (Wildman–Crippen MR) is 141 cm³/mol. The summed E-state index contributed by atoms with van der Waals surface area (Å²) in [5.41, 5.74) is 1.03. The van der Waals surface area contributed by atoms with Gasteiger partial charge in [0.05, 0.1) is 18.6 Å². The van der Waals surface area contributed by atoms with E-state index in [0.29, 0.717) is 28.4 Å². The van der Waals surface area contributed by atoms with Crippen LogP contribution in [0.2, 0.25) is 5.02 Å². The summed E-state index contributed by atoms with van der Waals surface area (Å²) in [4.78, 5) is 20.1. The SMILES string of the molecule is Cc1cc(-c2cnc(OCCCS(C)(=O)=O)c(NS(=O)(=O)c3ccc(F)cc3F)c2)cn2c(=O)c(Cl)cnc12. The number of nitrogens with zero attached hydrogens (tertiary/aromatic N) is 3. The molecule has 206 valence electrons. The second-order valence-electron chi connectivity index (χ2n) is 8.61. The van der Waals surface area contributed by atoms with Gasteiger partial charge < -0.3 is 4.74 Å². The molecule has 0 bridgehead atoms. The Bertz CT molecular complexity index is 1860. The minimum Gasteiger partial charge on any atom is -0.476 e. The fourth-order valence-corrected chi connectivity index (χ4v) is 5.56. The lowest BCUT2D eigenvalue weighted by molar-refractivity contribution is 0.307. The van der Waals surface area contributed by atoms with E-state index in [-0.39, 0.29) is 35.4 Å². The van der Waals surface area contributed by atoms with Crippen molar-refractivity contribution in [1.82, 2.24) is 14.4 Å². The van der Waals surface area contributed by atoms with Crippen LogP contribution >= 0.6 is 11.6 Å². The Labute approximate surface area is 227 Å². The fourth-order valence-electron chi connectivity index (χ4n) is 3.67. The summed E-state index contributed by atoms with van der Waals surface area (Å²) in [6.07, 6.45) is 5.21. The van der Waals surface area contributed by atoms with Crippen LogP contribution in [0.3, 0.4) is 0 Å². The highest BCUT2D eigenvalue weighted by atomic mass is 35.5. The Hall–Kier alpha value is -3.62. The molecule has 39 heavy (non-hydrogen) atoms. The number of benzene rings is 1. The van der Waals surface area contributed by atoms with Gasteiger partial charge in [0.1, 0.15) is 42.7 Å². The third kappa shape index (κ3) is 6.52. The van der Waals surface area contributed by atoms with Crippen molar-refractivity contribution < 1.29 is 30.4 Å². The number of halogens is 3. The topological polar surface area (TPSA) is 137 Å². The maximum atomic E-state index is 14.3. The standard InChI is InChI=1S/C24H21ClF2N4O6S2/c1-14-8-16(13-31-22(14)28-12-18(25)24(31)32)15-9-20(23(29-11-15)37-6-3-7-38(2,33)34)30-39(35,36)21-5-4-17(26)10-19(21)27/h4-5,8-13,30H,3,6-7H2,1-2H3. The lowest BCUT2D eigenvalue weighted by Gasteiger charge is -2.15. The molecule has 0 saturated carbocycles. The molecule has 3 aromatic heterocycles. The highest BCUT2D eigenvalue weighted by Gasteiger charge is 2.23. The summed E-state index contributed by atoms with van der Waals surface area (Å²) in [6.45, 7) is 1.60. The van der Waals surface area contributed by atoms with E-state index < -0.39 is 41.9 Å². The zero-order valence-electron chi connectivity index (χ0n) is 20.5. The van der Waals surface area contributed by atoms with Gasteiger partial charge in [-0.3, -0.25) is 13.9 Å². The number of sulfone groups is 1. The molecule has 0 aliphatic rings. The Morgan fingerprint density at radius 1 is 1.05 bits per heavy atom. The third-order valence-electron chi connectivity index (χ3n) is 5.45. The van der Waals surface area contributed by atoms with Crippen LogP contribution in [0.1, 0.15) is 12.0 Å². The van der Waals surface area contributed by atoms with Gasteiger partial charge in [0.15, 0.2) is 0 Å². The average molecular weight is 599 g/mol. The maximum Gasteiger partial charge on any atom is 0.276 e. The van der Waals surface area contributed by atoms with Crippen LogP contribution in [-0.2, 0) is 19.9 Å². The number of anilines is 1. The third-order valence-corrected chi connectivity index (χ3v) is 8.14. The van der Waals surface area contributed by atoms with Gasteiger partial charge in [0, 0.05) is 35.8 Å². The molecular formula is C24H21ClF2N4O6S2. The van der Waals surface area contributed by atoms with E-state index >= 15 is 0 Å². The lowest BCUT2D eigenvalue weighted by atomic mass is 10.1. The number of fused-ring (bicyclic) bond motifs is 1. The molecule has 0 unspecified atom stereocenters. The van der Waals surface area contributed by atoms with Gasteiger partial charge in [-0.15, -0.1) is 0 Å². The minimum atomic E-state index is -4.58. The van der Waals surface area contributed by atoms with Gasteiger partial charge in [-0.25, -0.2) is 35.6 Å². The summed E-state index contributed by atoms with van der Waals surface area (Å²) < 4.78 is 85.5. The van der Waals surface area contributed by atoms with Gasteiger partial charge >= 0.3 is 0 Å². The molecule has 1 N–H and O–H groups in total. The Morgan fingerprint density at radius 3 is 2.49 bits per heavy atom. The van der Waals surface area contributed by atoms with Gasteiger partial charge in [-0.05, 0) is 43.2 Å². The van der Waals surface area contributed by atoms with Crippen molar-refractivity contribution in [1.29, 1.82) is 0 Å². The molecule has 0 atom stereocenters. The number of rotatable bonds is 9. The van der Waals surface area contributed by atoms with Gasteiger partial charge in [-0.2, -0.15) is 0 Å². The van der Waals surface area contributed by atoms with Crippen molar-refractivity contribution in [2.45, 2.75) is 18.2 Å². The number of aromatic nitrogens is 3. The van der Waals surface area contributed by atoms with Crippen LogP contribution < -0.4 is 15.0 Å². The molecule has 4 rings (SSSR count). The van der Waals surface area contributed by atoms with E-state index in [2.05, 4.69) is 14.7 Å². The number of aryl methyl sites for hydroxylation is 1. The van der Waals surface area contributed by atoms with Crippen LogP contribution in [0, 0.1) is 18.6 Å². The summed E-state index contributed by atoms with van der Waals surface area (Å²) >= 11 is 5.93. The van der Waals surface area contributed by atoms with Crippen molar-refractivity contribution in [2.24, 2.45) is 0 Å². The normalized spacial score (nSPS) is 12.0. The molecule has 0 saturated heterocycles. The number of ether oxygens (including phenoxy) is 1. The number of hydrogen-bond donors (Lipinski definition) is 1. The first-order valence-electron chi connectivity index (χ1n) is 11.2. The van der Waals surface area contributed by atoms with E-state index in [0.717, 1.165) is 18.4 Å². The first-order chi connectivity index (χ1) is 18.2. The molecule has 0 radical (unpaired) electrons. The molecule has 0 fully saturated rings. The molecule has 1 aromatic carbocycles. The number of nitrogens with one attached hydrogen (secondary N) is 1. The summed E-state index contributed by atoms with van der Waals surface area (Å²) in [6, 6.07) is 5.04. The Balaban J connectivity index is 1.78. The van der Waals surface area contributed by atoms with E-state index in [4.69, 9.17) is 16.3 Å². The number of hydrogen-bond acceptors (Lipinski definition) is 8. The largest absolute Gasteiger partial charge is 0.476 e. The molecule has 15 heteroatoms. The van der Waals surface area contributed by atoms with E-state index in [9.17, 15) is 30.4 Å². The fraction of sp³-hybridized carbons (Fsp3) is 0.208. The summed E-state index contributed by atoms with van der Waals surface area (Å²) in [7, 11) is -7.84. The quantitative estimate of drug-likeness (QED) is 0.289. The van der Waals surface area contributed by atoms with Crippen LogP contribution in [0.4, 0.5) is 14.5 Å². The molecule has 10 nitrogen and oxygen atoms in total. The average Bonchev–Trinajstić information content (AvgIpc) is 2.83. The van der Waals surface area contributed by atoms with Crippen molar-refractivity contribution in [3.63, 3.8) is 0 Å². The lowest BCUT2D eigenvalue weighted by Crippen LogP contribution is -2.17. The van der Waals surface area contributed by atoms with E-state index in [1.54, 1.807) is 13.0 Å². The van der Waals surface area contributed by atoms with Crippen molar-refractivity contribution >= 4 is 42.8 Å². The molecule has 3 heterocycles. The zero-order valence-corrected chi connectivity index (χ0v) is 22.9. The predicted octanol–water partition coefficient (Wildman–Crippen LogP) is 3.61. The molecule has 4 aromatic rings. The van der Waals surface area contributed by atoms with Crippen LogP contribution in [0.15, 0.2) is 58.6 Å². The number of pyridine rings is 2. The first kappa shape index (κ1) is 28.4. The minimum absolute atomic E-state index is 0.0988.